The van der Waals surface area contributed by atoms with Gasteiger partial charge in [0.1, 0.15) is 5.75 Å². The Balaban J connectivity index is 1.60. The fourth-order valence-electron chi connectivity index (χ4n) is 3.13. The van der Waals surface area contributed by atoms with Crippen LogP contribution in [0.5, 0.6) is 5.75 Å². The smallest absolute Gasteiger partial charge is 0.303 e. The lowest BCUT2D eigenvalue weighted by Gasteiger charge is -2.20. The van der Waals surface area contributed by atoms with E-state index in [1.54, 1.807) is 4.90 Å². The molecule has 0 bridgehead atoms. The molecule has 0 unspecified atom stereocenters. The summed E-state index contributed by atoms with van der Waals surface area (Å²) in [5.41, 5.74) is 4.01. The number of carboxylic acids is 1. The molecule has 27 heavy (non-hydrogen) atoms. The highest BCUT2D eigenvalue weighted by Crippen LogP contribution is 2.18. The average Bonchev–Trinajstić information content (AvgIpc) is 2.91. The fraction of sp³-hybridized carbons (Fsp3) is 0.450. The van der Waals surface area contributed by atoms with Crippen LogP contribution < -0.4 is 4.74 Å². The number of carbonyl (C=O) groups excluding carboxylic acids is 1. The van der Waals surface area contributed by atoms with Gasteiger partial charge in [-0.1, -0.05) is 6.07 Å². The first-order chi connectivity index (χ1) is 12.9. The number of aliphatic carboxylic acids is 1. The molecule has 144 valence electrons. The summed E-state index contributed by atoms with van der Waals surface area (Å²) in [5, 5.41) is 13.3. The van der Waals surface area contributed by atoms with Crippen molar-refractivity contribution in [1.29, 1.82) is 0 Å². The van der Waals surface area contributed by atoms with Gasteiger partial charge in [0.05, 0.1) is 24.4 Å². The molecule has 0 radical (unpaired) electrons. The zero-order valence-electron chi connectivity index (χ0n) is 15.8. The van der Waals surface area contributed by atoms with Gasteiger partial charge in [-0.2, -0.15) is 5.10 Å². The van der Waals surface area contributed by atoms with Crippen LogP contribution in [0.25, 0.3) is 0 Å². The number of rotatable bonds is 6. The van der Waals surface area contributed by atoms with Gasteiger partial charge < -0.3 is 14.7 Å². The van der Waals surface area contributed by atoms with E-state index >= 15 is 0 Å². The van der Waals surface area contributed by atoms with Gasteiger partial charge in [0, 0.05) is 19.5 Å². The van der Waals surface area contributed by atoms with Crippen molar-refractivity contribution in [3.8, 4) is 5.75 Å². The number of aryl methyl sites for hydroxylation is 4. The van der Waals surface area contributed by atoms with Gasteiger partial charge in [-0.15, -0.1) is 0 Å². The number of amides is 1. The van der Waals surface area contributed by atoms with Gasteiger partial charge in [0.25, 0.3) is 5.91 Å². The summed E-state index contributed by atoms with van der Waals surface area (Å²) in [5.74, 6) is -0.198. The summed E-state index contributed by atoms with van der Waals surface area (Å²) in [6, 6.07) is 7.70. The van der Waals surface area contributed by atoms with Crippen molar-refractivity contribution in [2.75, 3.05) is 13.2 Å². The molecular formula is C20H25N3O4. The van der Waals surface area contributed by atoms with Gasteiger partial charge in [-0.25, -0.2) is 0 Å². The number of aromatic nitrogens is 2. The topological polar surface area (TPSA) is 84.7 Å². The third-order valence-electron chi connectivity index (χ3n) is 4.85. The second kappa shape index (κ2) is 8.24. The standard InChI is InChI=1S/C20H25N3O4/c1-14-4-6-18(10-15(14)2)27-13-19(24)22-8-3-9-23-17(12-22)11-16(21-23)5-7-20(25)26/h4,6,10-11H,3,5,7-9,12-13H2,1-2H3,(H,25,26). The fourth-order valence-corrected chi connectivity index (χ4v) is 3.13. The van der Waals surface area contributed by atoms with Crippen molar-refractivity contribution in [3.63, 3.8) is 0 Å². The summed E-state index contributed by atoms with van der Waals surface area (Å²) in [4.78, 5) is 25.1. The molecule has 3 rings (SSSR count). The second-order valence-electron chi connectivity index (χ2n) is 6.95. The number of hydrogen-bond acceptors (Lipinski definition) is 4. The van der Waals surface area contributed by atoms with Crippen molar-refractivity contribution in [1.82, 2.24) is 14.7 Å². The number of carbonyl (C=O) groups is 2. The Morgan fingerprint density at radius 3 is 2.74 bits per heavy atom. The molecule has 0 spiro atoms. The Hall–Kier alpha value is -2.83. The summed E-state index contributed by atoms with van der Waals surface area (Å²) in [7, 11) is 0. The Bertz CT molecular complexity index is 844. The maximum atomic E-state index is 12.6. The summed E-state index contributed by atoms with van der Waals surface area (Å²) in [6.45, 7) is 5.90. The van der Waals surface area contributed by atoms with Crippen LogP contribution in [0.2, 0.25) is 0 Å². The van der Waals surface area contributed by atoms with E-state index in [4.69, 9.17) is 9.84 Å². The Kier molecular flexibility index (Phi) is 5.78. The Morgan fingerprint density at radius 1 is 1.19 bits per heavy atom. The summed E-state index contributed by atoms with van der Waals surface area (Å²) < 4.78 is 7.56. The molecule has 0 aliphatic carbocycles. The van der Waals surface area contributed by atoms with Crippen LogP contribution in [0.3, 0.4) is 0 Å². The molecule has 1 N–H and O–H groups in total. The molecule has 1 aliphatic rings. The molecule has 7 nitrogen and oxygen atoms in total. The minimum atomic E-state index is -0.835. The Labute approximate surface area is 158 Å². The van der Waals surface area contributed by atoms with Crippen LogP contribution in [-0.4, -0.2) is 44.8 Å². The van der Waals surface area contributed by atoms with Crippen molar-refractivity contribution < 1.29 is 19.4 Å². The third kappa shape index (κ3) is 4.87. The molecule has 2 heterocycles. The van der Waals surface area contributed by atoms with E-state index in [1.807, 2.05) is 42.8 Å². The van der Waals surface area contributed by atoms with Gasteiger partial charge in [0.15, 0.2) is 6.61 Å². The largest absolute Gasteiger partial charge is 0.484 e. The molecule has 0 saturated heterocycles. The normalized spacial score (nSPS) is 13.8. The van der Waals surface area contributed by atoms with Gasteiger partial charge in [-0.3, -0.25) is 14.3 Å². The van der Waals surface area contributed by atoms with E-state index in [-0.39, 0.29) is 18.9 Å². The molecule has 1 aromatic heterocycles. The van der Waals surface area contributed by atoms with Crippen molar-refractivity contribution >= 4 is 11.9 Å². The minimum Gasteiger partial charge on any atom is -0.484 e. The predicted molar refractivity (Wildman–Crippen MR) is 99.6 cm³/mol. The van der Waals surface area contributed by atoms with Crippen molar-refractivity contribution in [2.24, 2.45) is 0 Å². The number of nitrogens with zero attached hydrogens (tertiary/aromatic N) is 3. The quantitative estimate of drug-likeness (QED) is 0.842. The molecule has 0 fully saturated rings. The van der Waals surface area contributed by atoms with Crippen LogP contribution in [-0.2, 0) is 29.1 Å². The van der Waals surface area contributed by atoms with E-state index in [2.05, 4.69) is 5.10 Å². The highest BCUT2D eigenvalue weighted by atomic mass is 16.5. The lowest BCUT2D eigenvalue weighted by atomic mass is 10.1. The monoisotopic (exact) mass is 371 g/mol. The highest BCUT2D eigenvalue weighted by Gasteiger charge is 2.21. The van der Waals surface area contributed by atoms with Crippen LogP contribution in [0.1, 0.15) is 35.4 Å². The minimum absolute atomic E-state index is 0.00249. The molecule has 1 aromatic carbocycles. The van der Waals surface area contributed by atoms with E-state index in [1.165, 1.54) is 5.56 Å². The number of benzene rings is 1. The molecular weight excluding hydrogens is 346 g/mol. The first-order valence-corrected chi connectivity index (χ1v) is 9.17. The maximum absolute atomic E-state index is 12.6. The molecule has 7 heteroatoms. The van der Waals surface area contributed by atoms with E-state index < -0.39 is 5.97 Å². The van der Waals surface area contributed by atoms with Gasteiger partial charge in [-0.05, 0) is 49.6 Å². The molecule has 0 saturated carbocycles. The number of ether oxygens (including phenoxy) is 1. The SMILES string of the molecule is Cc1ccc(OCC(=O)N2CCCn3nc(CCC(=O)O)cc3C2)cc1C. The second-order valence-corrected chi connectivity index (χ2v) is 6.95. The molecule has 1 aliphatic heterocycles. The first-order valence-electron chi connectivity index (χ1n) is 9.17. The number of hydrogen-bond donors (Lipinski definition) is 1. The van der Waals surface area contributed by atoms with Crippen LogP contribution in [0, 0.1) is 13.8 Å². The molecule has 2 aromatic rings. The zero-order valence-corrected chi connectivity index (χ0v) is 15.8. The average molecular weight is 371 g/mol. The molecule has 1 amide bonds. The lowest BCUT2D eigenvalue weighted by Crippen LogP contribution is -2.34. The predicted octanol–water partition coefficient (Wildman–Crippen LogP) is 2.33. The zero-order chi connectivity index (χ0) is 19.4. The third-order valence-corrected chi connectivity index (χ3v) is 4.85. The van der Waals surface area contributed by atoms with Crippen LogP contribution >= 0.6 is 0 Å². The van der Waals surface area contributed by atoms with E-state index in [0.717, 1.165) is 29.9 Å². The number of fused-ring (bicyclic) bond motifs is 1. The first kappa shape index (κ1) is 18.9. The van der Waals surface area contributed by atoms with Crippen molar-refractivity contribution in [2.45, 2.75) is 46.2 Å². The van der Waals surface area contributed by atoms with Gasteiger partial charge in [0.2, 0.25) is 0 Å². The number of carboxylic acid groups (broad SMARTS) is 1. The van der Waals surface area contributed by atoms with E-state index in [0.29, 0.717) is 25.3 Å². The van der Waals surface area contributed by atoms with Crippen molar-refractivity contribution in [3.05, 3.63) is 46.8 Å². The Morgan fingerprint density at radius 2 is 2.00 bits per heavy atom. The van der Waals surface area contributed by atoms with Crippen LogP contribution in [0.4, 0.5) is 0 Å². The summed E-state index contributed by atoms with van der Waals surface area (Å²) >= 11 is 0. The van der Waals surface area contributed by atoms with Crippen LogP contribution in [0.15, 0.2) is 24.3 Å². The summed E-state index contributed by atoms with van der Waals surface area (Å²) in [6.07, 6.45) is 1.27. The van der Waals surface area contributed by atoms with E-state index in [9.17, 15) is 9.59 Å². The highest BCUT2D eigenvalue weighted by molar-refractivity contribution is 5.77. The maximum Gasteiger partial charge on any atom is 0.303 e. The van der Waals surface area contributed by atoms with Gasteiger partial charge >= 0.3 is 5.97 Å². The molecule has 0 atom stereocenters. The lowest BCUT2D eigenvalue weighted by molar-refractivity contribution is -0.137.